The molecular weight excluding hydrogens is 349 g/mol. The molecule has 1 saturated carbocycles. The van der Waals surface area contributed by atoms with E-state index >= 15 is 0 Å². The van der Waals surface area contributed by atoms with Crippen molar-refractivity contribution in [3.8, 4) is 0 Å². The molecule has 2 aromatic rings. The summed E-state index contributed by atoms with van der Waals surface area (Å²) >= 11 is 6.53. The van der Waals surface area contributed by atoms with Crippen LogP contribution in [-0.4, -0.2) is 34.8 Å². The molecule has 1 saturated heterocycles. The van der Waals surface area contributed by atoms with E-state index in [1.807, 2.05) is 4.90 Å². The third kappa shape index (κ3) is 2.41. The fourth-order valence-corrected chi connectivity index (χ4v) is 3.87. The van der Waals surface area contributed by atoms with E-state index in [0.29, 0.717) is 18.6 Å². The number of rotatable bonds is 4. The molecule has 2 aliphatic rings. The van der Waals surface area contributed by atoms with Crippen molar-refractivity contribution in [2.45, 2.75) is 31.3 Å². The number of aromatic nitrogens is 1. The minimum absolute atomic E-state index is 0.00266. The molecule has 0 unspecified atom stereocenters. The first-order valence-electron chi connectivity index (χ1n) is 8.21. The Labute approximate surface area is 147 Å². The van der Waals surface area contributed by atoms with Crippen LogP contribution in [0.3, 0.4) is 0 Å². The summed E-state index contributed by atoms with van der Waals surface area (Å²) in [6.07, 6.45) is 3.93. The first-order valence-corrected chi connectivity index (χ1v) is 8.58. The van der Waals surface area contributed by atoms with E-state index in [2.05, 4.69) is 0 Å². The van der Waals surface area contributed by atoms with Crippen molar-refractivity contribution < 1.29 is 14.3 Å². The molecule has 0 spiro atoms. The van der Waals surface area contributed by atoms with Crippen molar-refractivity contribution in [1.82, 2.24) is 4.57 Å². The number of fused-ring (bicyclic) bond motifs is 1. The van der Waals surface area contributed by atoms with Gasteiger partial charge in [0.15, 0.2) is 0 Å². The molecule has 2 fully saturated rings. The number of anilines is 1. The van der Waals surface area contributed by atoms with Gasteiger partial charge in [-0.3, -0.25) is 4.79 Å². The van der Waals surface area contributed by atoms with Gasteiger partial charge in [0, 0.05) is 31.4 Å². The maximum atomic E-state index is 14.8. The second kappa shape index (κ2) is 5.71. The number of carboxylic acids is 1. The van der Waals surface area contributed by atoms with Crippen LogP contribution in [0.2, 0.25) is 5.02 Å². The normalized spacial score (nSPS) is 20.0. The molecule has 3 N–H and O–H groups in total. The van der Waals surface area contributed by atoms with E-state index in [9.17, 15) is 19.1 Å². The Morgan fingerprint density at radius 1 is 1.40 bits per heavy atom. The molecule has 1 aromatic carbocycles. The second-order valence-corrected chi connectivity index (χ2v) is 6.98. The van der Waals surface area contributed by atoms with Gasteiger partial charge in [0.1, 0.15) is 11.4 Å². The van der Waals surface area contributed by atoms with Crippen molar-refractivity contribution in [3.05, 3.63) is 38.9 Å². The molecular formula is C17H17ClFN3O3. The van der Waals surface area contributed by atoms with Crippen molar-refractivity contribution in [2.24, 2.45) is 5.73 Å². The molecule has 0 bridgehead atoms. The maximum Gasteiger partial charge on any atom is 0.341 e. The number of pyridine rings is 1. The van der Waals surface area contributed by atoms with Gasteiger partial charge in [-0.1, -0.05) is 11.6 Å². The summed E-state index contributed by atoms with van der Waals surface area (Å²) in [5.74, 6) is -1.95. The number of benzene rings is 1. The van der Waals surface area contributed by atoms with Gasteiger partial charge in [-0.05, 0) is 25.3 Å². The lowest BCUT2D eigenvalue weighted by atomic mass is 10.0. The van der Waals surface area contributed by atoms with Crippen molar-refractivity contribution in [2.75, 3.05) is 18.0 Å². The van der Waals surface area contributed by atoms with Crippen LogP contribution in [0.1, 0.15) is 35.7 Å². The molecule has 6 nitrogen and oxygen atoms in total. The highest BCUT2D eigenvalue weighted by atomic mass is 35.5. The van der Waals surface area contributed by atoms with Gasteiger partial charge in [0.25, 0.3) is 0 Å². The van der Waals surface area contributed by atoms with Gasteiger partial charge in [-0.25, -0.2) is 9.18 Å². The average Bonchev–Trinajstić information content (AvgIpc) is 3.36. The van der Waals surface area contributed by atoms with Crippen LogP contribution in [0.4, 0.5) is 10.1 Å². The summed E-state index contributed by atoms with van der Waals surface area (Å²) < 4.78 is 16.5. The highest BCUT2D eigenvalue weighted by molar-refractivity contribution is 6.38. The summed E-state index contributed by atoms with van der Waals surface area (Å²) in [4.78, 5) is 25.7. The Kier molecular flexibility index (Phi) is 3.73. The van der Waals surface area contributed by atoms with Crippen LogP contribution in [0.15, 0.2) is 17.1 Å². The molecule has 0 radical (unpaired) electrons. The number of hydrogen-bond donors (Lipinski definition) is 2. The summed E-state index contributed by atoms with van der Waals surface area (Å²) in [5.41, 5.74) is 5.27. The van der Waals surface area contributed by atoms with Gasteiger partial charge in [-0.2, -0.15) is 0 Å². The van der Waals surface area contributed by atoms with E-state index < -0.39 is 17.2 Å². The van der Waals surface area contributed by atoms with E-state index in [-0.39, 0.29) is 33.7 Å². The van der Waals surface area contributed by atoms with Crippen LogP contribution in [0.5, 0.6) is 0 Å². The zero-order chi connectivity index (χ0) is 17.9. The summed E-state index contributed by atoms with van der Waals surface area (Å²) in [6.45, 7) is 1.03. The number of hydrogen-bond acceptors (Lipinski definition) is 4. The van der Waals surface area contributed by atoms with Crippen LogP contribution >= 0.6 is 11.6 Å². The zero-order valence-corrected chi connectivity index (χ0v) is 14.1. The molecule has 1 atom stereocenters. The van der Waals surface area contributed by atoms with Gasteiger partial charge < -0.3 is 20.3 Å². The fraction of sp³-hybridized carbons (Fsp3) is 0.412. The first-order chi connectivity index (χ1) is 11.9. The number of nitrogens with two attached hydrogens (primary N) is 1. The quantitative estimate of drug-likeness (QED) is 0.868. The highest BCUT2D eigenvalue weighted by Gasteiger charge is 2.34. The zero-order valence-electron chi connectivity index (χ0n) is 13.3. The van der Waals surface area contributed by atoms with Crippen LogP contribution in [-0.2, 0) is 0 Å². The van der Waals surface area contributed by atoms with Crippen LogP contribution in [0, 0.1) is 5.82 Å². The Morgan fingerprint density at radius 3 is 2.64 bits per heavy atom. The number of carboxylic acid groups (broad SMARTS) is 1. The van der Waals surface area contributed by atoms with Crippen molar-refractivity contribution in [1.29, 1.82) is 0 Å². The molecule has 2 heterocycles. The molecule has 1 aliphatic carbocycles. The lowest BCUT2D eigenvalue weighted by Gasteiger charge is -2.43. The first kappa shape index (κ1) is 16.4. The lowest BCUT2D eigenvalue weighted by molar-refractivity contribution is 0.0695. The van der Waals surface area contributed by atoms with Crippen LogP contribution in [0.25, 0.3) is 10.9 Å². The number of aromatic carboxylic acids is 1. The SMILES string of the molecule is NC[C@H]1CCN1c1c(F)cc2c(=O)c(C(=O)O)cn(C3CC3)c2c1Cl. The number of carbonyl (C=O) groups is 1. The fourth-order valence-electron chi connectivity index (χ4n) is 3.47. The minimum Gasteiger partial charge on any atom is -0.477 e. The third-order valence-electron chi connectivity index (χ3n) is 5.06. The van der Waals surface area contributed by atoms with Gasteiger partial charge in [0.05, 0.1) is 21.6 Å². The molecule has 1 aliphatic heterocycles. The Morgan fingerprint density at radius 2 is 2.12 bits per heavy atom. The minimum atomic E-state index is -1.33. The number of halogens is 2. The monoisotopic (exact) mass is 365 g/mol. The standard InChI is InChI=1S/C17H17ClFN3O3/c18-13-14-10(5-12(19)15(13)21-4-3-9(21)6-20)16(23)11(17(24)25)7-22(14)8-1-2-8/h5,7-9H,1-4,6,20H2,(H,24,25)/t9-/m1/s1. The molecule has 4 rings (SSSR count). The topological polar surface area (TPSA) is 88.6 Å². The smallest absolute Gasteiger partial charge is 0.341 e. The highest BCUT2D eigenvalue weighted by Crippen LogP contribution is 2.43. The summed E-state index contributed by atoms with van der Waals surface area (Å²) in [5, 5.41) is 9.43. The van der Waals surface area contributed by atoms with E-state index in [1.54, 1.807) is 4.57 Å². The average molecular weight is 366 g/mol. The van der Waals surface area contributed by atoms with E-state index in [4.69, 9.17) is 17.3 Å². The van der Waals surface area contributed by atoms with Gasteiger partial charge in [-0.15, -0.1) is 0 Å². The Balaban J connectivity index is 2.03. The van der Waals surface area contributed by atoms with Crippen molar-refractivity contribution >= 4 is 34.2 Å². The summed E-state index contributed by atoms with van der Waals surface area (Å²) in [6, 6.07) is 1.21. The van der Waals surface area contributed by atoms with E-state index in [1.165, 1.54) is 6.20 Å². The van der Waals surface area contributed by atoms with Gasteiger partial charge >= 0.3 is 5.97 Å². The molecule has 8 heteroatoms. The Bertz CT molecular complexity index is 953. The molecule has 1 aromatic heterocycles. The second-order valence-electron chi connectivity index (χ2n) is 6.60. The predicted octanol–water partition coefficient (Wildman–Crippen LogP) is 2.36. The van der Waals surface area contributed by atoms with Crippen LogP contribution < -0.4 is 16.1 Å². The van der Waals surface area contributed by atoms with E-state index in [0.717, 1.165) is 25.3 Å². The lowest BCUT2D eigenvalue weighted by Crippen LogP contribution is -2.52. The third-order valence-corrected chi connectivity index (χ3v) is 5.42. The molecule has 0 amide bonds. The van der Waals surface area contributed by atoms with Crippen molar-refractivity contribution in [3.63, 3.8) is 0 Å². The Hall–Kier alpha value is -2.12. The maximum absolute atomic E-state index is 14.8. The largest absolute Gasteiger partial charge is 0.477 e. The predicted molar refractivity (Wildman–Crippen MR) is 93.2 cm³/mol. The van der Waals surface area contributed by atoms with Gasteiger partial charge in [0.2, 0.25) is 5.43 Å². The number of nitrogens with zero attached hydrogens (tertiary/aromatic N) is 2. The molecule has 25 heavy (non-hydrogen) atoms. The summed E-state index contributed by atoms with van der Waals surface area (Å²) in [7, 11) is 0. The molecule has 132 valence electrons.